The minimum absolute atomic E-state index is 0.0756. The van der Waals surface area contributed by atoms with Gasteiger partial charge in [-0.1, -0.05) is 6.42 Å². The zero-order valence-electron chi connectivity index (χ0n) is 9.93. The number of rotatable bonds is 5. The number of nitrogens with zero attached hydrogens (tertiary/aromatic N) is 1. The summed E-state index contributed by atoms with van der Waals surface area (Å²) in [6.07, 6.45) is 5.49. The van der Waals surface area contributed by atoms with Crippen LogP contribution < -0.4 is 5.32 Å². The first-order valence-corrected chi connectivity index (χ1v) is 7.69. The van der Waals surface area contributed by atoms with E-state index in [2.05, 4.69) is 16.6 Å². The quantitative estimate of drug-likeness (QED) is 0.863. The van der Waals surface area contributed by atoms with Crippen molar-refractivity contribution in [2.45, 2.75) is 24.0 Å². The Bertz CT molecular complexity index is 463. The van der Waals surface area contributed by atoms with Gasteiger partial charge in [-0.25, -0.2) is 9.78 Å². The molecule has 18 heavy (non-hydrogen) atoms. The number of thioether (sulfide) groups is 1. The minimum atomic E-state index is -1.11. The summed E-state index contributed by atoms with van der Waals surface area (Å²) in [4.78, 5) is 26.3. The monoisotopic (exact) mass is 286 g/mol. The molecule has 98 valence electrons. The molecule has 0 aliphatic heterocycles. The van der Waals surface area contributed by atoms with E-state index in [0.717, 1.165) is 24.2 Å². The second kappa shape index (κ2) is 5.27. The van der Waals surface area contributed by atoms with Gasteiger partial charge in [0.1, 0.15) is 0 Å². The lowest BCUT2D eigenvalue weighted by Crippen LogP contribution is -2.45. The molecule has 0 spiro atoms. The number of hydrogen-bond acceptors (Lipinski definition) is 5. The van der Waals surface area contributed by atoms with Crippen LogP contribution in [0.2, 0.25) is 0 Å². The number of carbonyl (C=O) groups excluding carboxylic acids is 1. The van der Waals surface area contributed by atoms with E-state index in [9.17, 15) is 9.59 Å². The molecule has 7 heteroatoms. The van der Waals surface area contributed by atoms with Crippen molar-refractivity contribution < 1.29 is 14.7 Å². The number of aromatic nitrogens is 1. The molecule has 0 radical (unpaired) electrons. The lowest BCUT2D eigenvalue weighted by Gasteiger charge is -2.40. The molecule has 1 heterocycles. The van der Waals surface area contributed by atoms with Crippen molar-refractivity contribution in [3.8, 4) is 0 Å². The summed E-state index contributed by atoms with van der Waals surface area (Å²) in [7, 11) is 0. The van der Waals surface area contributed by atoms with Gasteiger partial charge in [-0.3, -0.25) is 4.79 Å². The zero-order chi connectivity index (χ0) is 13.2. The first kappa shape index (κ1) is 13.4. The van der Waals surface area contributed by atoms with E-state index in [1.807, 2.05) is 0 Å². The normalized spacial score (nSPS) is 16.9. The van der Waals surface area contributed by atoms with E-state index in [0.29, 0.717) is 6.54 Å². The maximum Gasteiger partial charge on any atom is 0.355 e. The van der Waals surface area contributed by atoms with Gasteiger partial charge in [-0.05, 0) is 19.1 Å². The molecule has 1 fully saturated rings. The Labute approximate surface area is 113 Å². The Balaban J connectivity index is 1.93. The number of amides is 1. The molecule has 0 atom stereocenters. The molecule has 0 unspecified atom stereocenters. The van der Waals surface area contributed by atoms with Gasteiger partial charge >= 0.3 is 5.97 Å². The predicted octanol–water partition coefficient (Wildman–Crippen LogP) is 1.86. The Morgan fingerprint density at radius 2 is 2.33 bits per heavy atom. The van der Waals surface area contributed by atoms with Crippen LogP contribution in [-0.2, 0) is 0 Å². The first-order valence-electron chi connectivity index (χ1n) is 5.58. The van der Waals surface area contributed by atoms with Crippen molar-refractivity contribution in [1.29, 1.82) is 0 Å². The molecular formula is C11H14N2O3S2. The van der Waals surface area contributed by atoms with Gasteiger partial charge in [0.2, 0.25) is 0 Å². The summed E-state index contributed by atoms with van der Waals surface area (Å²) in [5.74, 6) is -1.39. The fraction of sp³-hybridized carbons (Fsp3) is 0.545. The van der Waals surface area contributed by atoms with Crippen LogP contribution in [0.3, 0.4) is 0 Å². The van der Waals surface area contributed by atoms with Gasteiger partial charge in [-0.2, -0.15) is 11.8 Å². The van der Waals surface area contributed by atoms with Crippen molar-refractivity contribution in [1.82, 2.24) is 10.3 Å². The summed E-state index contributed by atoms with van der Waals surface area (Å²) in [6.45, 7) is 0.620. The van der Waals surface area contributed by atoms with Gasteiger partial charge in [0.15, 0.2) is 10.7 Å². The second-order valence-corrected chi connectivity index (χ2v) is 6.40. The molecule has 1 aromatic rings. The molecular weight excluding hydrogens is 272 g/mol. The molecule has 1 aliphatic rings. The van der Waals surface area contributed by atoms with Crippen LogP contribution in [-0.4, -0.2) is 39.5 Å². The number of carboxylic acids is 1. The maximum atomic E-state index is 11.8. The Morgan fingerprint density at radius 3 is 2.78 bits per heavy atom. The van der Waals surface area contributed by atoms with Crippen LogP contribution in [0, 0.1) is 0 Å². The SMILES string of the molecule is CSC1(CNC(=O)c2nc(C(=O)O)cs2)CCC1. The van der Waals surface area contributed by atoms with Crippen molar-refractivity contribution in [3.63, 3.8) is 0 Å². The fourth-order valence-corrected chi connectivity index (χ4v) is 3.44. The predicted molar refractivity (Wildman–Crippen MR) is 71.5 cm³/mol. The minimum Gasteiger partial charge on any atom is -0.476 e. The molecule has 2 rings (SSSR count). The number of aromatic carboxylic acids is 1. The third kappa shape index (κ3) is 2.67. The fourth-order valence-electron chi connectivity index (χ4n) is 1.82. The van der Waals surface area contributed by atoms with Crippen LogP contribution in [0.25, 0.3) is 0 Å². The van der Waals surface area contributed by atoms with Crippen LogP contribution in [0.5, 0.6) is 0 Å². The van der Waals surface area contributed by atoms with Crippen molar-refractivity contribution in [2.75, 3.05) is 12.8 Å². The van der Waals surface area contributed by atoms with Gasteiger partial charge in [0.05, 0.1) is 0 Å². The topological polar surface area (TPSA) is 79.3 Å². The molecule has 0 aromatic carbocycles. The molecule has 2 N–H and O–H groups in total. The van der Waals surface area contributed by atoms with Crippen LogP contribution in [0.15, 0.2) is 5.38 Å². The average Bonchev–Trinajstić information content (AvgIpc) is 2.77. The van der Waals surface area contributed by atoms with Crippen LogP contribution in [0.4, 0.5) is 0 Å². The number of hydrogen-bond donors (Lipinski definition) is 2. The Kier molecular flexibility index (Phi) is 3.91. The van der Waals surface area contributed by atoms with Crippen LogP contribution in [0.1, 0.15) is 39.6 Å². The number of carbonyl (C=O) groups is 2. The van der Waals surface area contributed by atoms with Gasteiger partial charge in [-0.15, -0.1) is 11.3 Å². The number of nitrogens with one attached hydrogen (secondary N) is 1. The third-order valence-electron chi connectivity index (χ3n) is 3.19. The largest absolute Gasteiger partial charge is 0.476 e. The van der Waals surface area contributed by atoms with E-state index < -0.39 is 5.97 Å². The highest BCUT2D eigenvalue weighted by Gasteiger charge is 2.36. The first-order chi connectivity index (χ1) is 8.56. The molecule has 1 amide bonds. The molecule has 1 saturated carbocycles. The summed E-state index contributed by atoms with van der Waals surface area (Å²) >= 11 is 2.84. The van der Waals surface area contributed by atoms with Crippen molar-refractivity contribution in [3.05, 3.63) is 16.1 Å². The number of thiazole rings is 1. The highest BCUT2D eigenvalue weighted by Crippen LogP contribution is 2.42. The lowest BCUT2D eigenvalue weighted by atomic mass is 9.84. The molecule has 0 bridgehead atoms. The highest BCUT2D eigenvalue weighted by atomic mass is 32.2. The van der Waals surface area contributed by atoms with E-state index in [1.54, 1.807) is 11.8 Å². The van der Waals surface area contributed by atoms with Crippen LogP contribution >= 0.6 is 23.1 Å². The zero-order valence-corrected chi connectivity index (χ0v) is 11.6. The standard InChI is InChI=1S/C11H14N2O3S2/c1-17-11(3-2-4-11)6-12-8(14)9-13-7(5-18-9)10(15)16/h5H,2-4,6H2,1H3,(H,12,14)(H,15,16). The van der Waals surface area contributed by atoms with Gasteiger partial charge < -0.3 is 10.4 Å². The van der Waals surface area contributed by atoms with E-state index in [1.165, 1.54) is 11.8 Å². The average molecular weight is 286 g/mol. The Morgan fingerprint density at radius 1 is 1.61 bits per heavy atom. The third-order valence-corrected chi connectivity index (χ3v) is 5.45. The summed E-state index contributed by atoms with van der Waals surface area (Å²) in [5, 5.41) is 13.2. The molecule has 1 aliphatic carbocycles. The van der Waals surface area contributed by atoms with Crippen molar-refractivity contribution >= 4 is 35.0 Å². The lowest BCUT2D eigenvalue weighted by molar-refractivity contribution is 0.0691. The van der Waals surface area contributed by atoms with E-state index in [4.69, 9.17) is 5.11 Å². The van der Waals surface area contributed by atoms with Gasteiger partial charge in [0.25, 0.3) is 5.91 Å². The smallest absolute Gasteiger partial charge is 0.355 e. The summed E-state index contributed by atoms with van der Waals surface area (Å²) in [6, 6.07) is 0. The van der Waals surface area contributed by atoms with E-state index >= 15 is 0 Å². The van der Waals surface area contributed by atoms with Gasteiger partial charge in [0, 0.05) is 16.7 Å². The molecule has 5 nitrogen and oxygen atoms in total. The highest BCUT2D eigenvalue weighted by molar-refractivity contribution is 8.00. The summed E-state index contributed by atoms with van der Waals surface area (Å²) < 4.78 is 0.169. The Hall–Kier alpha value is -1.08. The molecule has 1 aromatic heterocycles. The number of carboxylic acid groups (broad SMARTS) is 1. The van der Waals surface area contributed by atoms with E-state index in [-0.39, 0.29) is 21.4 Å². The maximum absolute atomic E-state index is 11.8. The molecule has 0 saturated heterocycles. The summed E-state index contributed by atoms with van der Waals surface area (Å²) in [5.41, 5.74) is -0.0756. The van der Waals surface area contributed by atoms with Crippen molar-refractivity contribution in [2.24, 2.45) is 0 Å². The second-order valence-electron chi connectivity index (χ2n) is 4.27.